The summed E-state index contributed by atoms with van der Waals surface area (Å²) in [6, 6.07) is 12.2. The summed E-state index contributed by atoms with van der Waals surface area (Å²) in [5, 5.41) is 11.9. The predicted octanol–water partition coefficient (Wildman–Crippen LogP) is 5.15. The van der Waals surface area contributed by atoms with Crippen LogP contribution in [0.2, 0.25) is 0 Å². The summed E-state index contributed by atoms with van der Waals surface area (Å²) in [5.41, 5.74) is 2.11. The Bertz CT molecular complexity index is 770. The summed E-state index contributed by atoms with van der Waals surface area (Å²) in [4.78, 5) is 16.6. The maximum atomic E-state index is 10.7. The molecule has 0 aliphatic carbocycles. The number of allylic oxidation sites excluding steroid dienone is 1. The highest BCUT2D eigenvalue weighted by molar-refractivity contribution is 7.19. The van der Waals surface area contributed by atoms with Crippen LogP contribution in [0, 0.1) is 0 Å². The average molecular weight is 329 g/mol. The highest BCUT2D eigenvalue weighted by Crippen LogP contribution is 2.31. The number of thiazole rings is 1. The highest BCUT2D eigenvalue weighted by Gasteiger charge is 2.10. The zero-order valence-electron chi connectivity index (χ0n) is 11.9. The topological polar surface area (TPSA) is 50.2 Å². The van der Waals surface area contributed by atoms with Gasteiger partial charge in [-0.05, 0) is 48.1 Å². The van der Waals surface area contributed by atoms with E-state index >= 15 is 0 Å². The Morgan fingerprint density at radius 2 is 2.05 bits per heavy atom. The molecule has 1 N–H and O–H groups in total. The first-order valence-electron chi connectivity index (χ1n) is 7.04. The van der Waals surface area contributed by atoms with Gasteiger partial charge < -0.3 is 5.11 Å². The van der Waals surface area contributed by atoms with Gasteiger partial charge in [0.05, 0.1) is 10.2 Å². The van der Waals surface area contributed by atoms with Crippen molar-refractivity contribution in [1.29, 1.82) is 0 Å². The van der Waals surface area contributed by atoms with E-state index in [2.05, 4.69) is 18.2 Å². The van der Waals surface area contributed by atoms with E-state index in [4.69, 9.17) is 10.1 Å². The molecule has 0 unspecified atom stereocenters. The number of aliphatic carboxylic acids is 1. The maximum Gasteiger partial charge on any atom is 0.303 e. The second-order valence-electron chi connectivity index (χ2n) is 4.92. The fourth-order valence-electron chi connectivity index (χ4n) is 2.23. The van der Waals surface area contributed by atoms with Gasteiger partial charge in [-0.25, -0.2) is 4.98 Å². The van der Waals surface area contributed by atoms with Crippen LogP contribution in [0.25, 0.3) is 21.9 Å². The number of rotatable bonds is 6. The number of nitrogens with zero attached hydrogens (tertiary/aromatic N) is 1. The molecule has 0 aliphatic rings. The summed E-state index contributed by atoms with van der Waals surface area (Å²) in [5.74, 6) is -0.750. The van der Waals surface area contributed by atoms with Gasteiger partial charge in [0.25, 0.3) is 0 Å². The molecule has 3 nitrogen and oxygen atoms in total. The van der Waals surface area contributed by atoms with Gasteiger partial charge >= 0.3 is 5.97 Å². The predicted molar refractivity (Wildman–Crippen MR) is 93.3 cm³/mol. The van der Waals surface area contributed by atoms with E-state index in [-0.39, 0.29) is 6.42 Å². The molecule has 0 saturated heterocycles. The average Bonchev–Trinajstić information content (AvgIpc) is 3.14. The van der Waals surface area contributed by atoms with Crippen molar-refractivity contribution in [2.24, 2.45) is 0 Å². The molecule has 0 amide bonds. The third kappa shape index (κ3) is 3.61. The number of carboxylic acid groups (broad SMARTS) is 1. The molecule has 112 valence electrons. The van der Waals surface area contributed by atoms with E-state index in [0.717, 1.165) is 27.2 Å². The second kappa shape index (κ2) is 6.85. The van der Waals surface area contributed by atoms with Crippen molar-refractivity contribution in [2.75, 3.05) is 0 Å². The summed E-state index contributed by atoms with van der Waals surface area (Å²) in [6.07, 6.45) is 3.67. The minimum Gasteiger partial charge on any atom is -0.481 e. The van der Waals surface area contributed by atoms with Crippen LogP contribution in [-0.4, -0.2) is 16.1 Å². The van der Waals surface area contributed by atoms with E-state index in [1.54, 1.807) is 22.7 Å². The smallest absolute Gasteiger partial charge is 0.303 e. The van der Waals surface area contributed by atoms with Crippen LogP contribution in [0.4, 0.5) is 0 Å². The Morgan fingerprint density at radius 3 is 2.77 bits per heavy atom. The third-order valence-corrected chi connectivity index (χ3v) is 5.20. The summed E-state index contributed by atoms with van der Waals surface area (Å²) in [7, 11) is 0. The van der Waals surface area contributed by atoms with Crippen LogP contribution in [0.5, 0.6) is 0 Å². The highest BCUT2D eigenvalue weighted by atomic mass is 32.1. The van der Waals surface area contributed by atoms with Crippen LogP contribution in [0.3, 0.4) is 0 Å². The SMILES string of the molecule is O=C(O)CCCC(=Cc1cccs1)c1nc2ccccc2s1. The Kier molecular flexibility index (Phi) is 4.65. The minimum atomic E-state index is -0.750. The molecule has 22 heavy (non-hydrogen) atoms. The third-order valence-electron chi connectivity index (χ3n) is 3.27. The summed E-state index contributed by atoms with van der Waals surface area (Å²) in [6.45, 7) is 0. The molecule has 0 spiro atoms. The van der Waals surface area contributed by atoms with E-state index < -0.39 is 5.97 Å². The lowest BCUT2D eigenvalue weighted by molar-refractivity contribution is -0.137. The normalized spacial score (nSPS) is 11.9. The molecule has 3 rings (SSSR count). The number of fused-ring (bicyclic) bond motifs is 1. The van der Waals surface area contributed by atoms with Crippen molar-refractivity contribution in [2.45, 2.75) is 19.3 Å². The molecule has 2 aromatic heterocycles. The Morgan fingerprint density at radius 1 is 1.18 bits per heavy atom. The number of hydrogen-bond acceptors (Lipinski definition) is 4. The van der Waals surface area contributed by atoms with Crippen LogP contribution < -0.4 is 0 Å². The fraction of sp³-hybridized carbons (Fsp3) is 0.176. The number of benzene rings is 1. The number of aromatic nitrogens is 1. The molecule has 2 heterocycles. The lowest BCUT2D eigenvalue weighted by Crippen LogP contribution is -1.94. The quantitative estimate of drug-likeness (QED) is 0.680. The number of thiophene rings is 1. The van der Waals surface area contributed by atoms with Crippen LogP contribution >= 0.6 is 22.7 Å². The van der Waals surface area contributed by atoms with E-state index in [1.807, 2.05) is 29.6 Å². The van der Waals surface area contributed by atoms with E-state index in [0.29, 0.717) is 6.42 Å². The molecular formula is C17H15NO2S2. The molecule has 3 aromatic rings. The number of carbonyl (C=O) groups is 1. The minimum absolute atomic E-state index is 0.187. The van der Waals surface area contributed by atoms with Crippen LogP contribution in [0.1, 0.15) is 29.1 Å². The fourth-order valence-corrected chi connectivity index (χ4v) is 3.92. The zero-order chi connectivity index (χ0) is 15.4. The molecule has 0 fully saturated rings. The van der Waals surface area contributed by atoms with E-state index in [1.165, 1.54) is 4.88 Å². The Labute approximate surface area is 136 Å². The lowest BCUT2D eigenvalue weighted by atomic mass is 10.1. The van der Waals surface area contributed by atoms with Gasteiger partial charge in [0.1, 0.15) is 5.01 Å². The van der Waals surface area contributed by atoms with Gasteiger partial charge in [-0.2, -0.15) is 0 Å². The van der Waals surface area contributed by atoms with Gasteiger partial charge in [0, 0.05) is 11.3 Å². The molecule has 0 radical (unpaired) electrons. The number of carboxylic acids is 1. The van der Waals surface area contributed by atoms with Crippen molar-refractivity contribution in [3.05, 3.63) is 51.7 Å². The molecule has 0 atom stereocenters. The molecule has 1 aromatic carbocycles. The monoisotopic (exact) mass is 329 g/mol. The summed E-state index contributed by atoms with van der Waals surface area (Å²) >= 11 is 3.34. The molecule has 0 saturated carbocycles. The van der Waals surface area contributed by atoms with E-state index in [9.17, 15) is 4.79 Å². The Balaban J connectivity index is 1.91. The van der Waals surface area contributed by atoms with Gasteiger partial charge in [-0.1, -0.05) is 18.2 Å². The van der Waals surface area contributed by atoms with Crippen LogP contribution in [-0.2, 0) is 4.79 Å². The first-order valence-corrected chi connectivity index (χ1v) is 8.74. The Hall–Kier alpha value is -1.98. The first kappa shape index (κ1) is 14.9. The van der Waals surface area contributed by atoms with Crippen molar-refractivity contribution >= 4 is 50.5 Å². The van der Waals surface area contributed by atoms with Crippen LogP contribution in [0.15, 0.2) is 41.8 Å². The van der Waals surface area contributed by atoms with Gasteiger partial charge in [-0.3, -0.25) is 4.79 Å². The van der Waals surface area contributed by atoms with Gasteiger partial charge in [0.2, 0.25) is 0 Å². The van der Waals surface area contributed by atoms with Gasteiger partial charge in [0.15, 0.2) is 0 Å². The lowest BCUT2D eigenvalue weighted by Gasteiger charge is -2.02. The van der Waals surface area contributed by atoms with Crippen molar-refractivity contribution in [3.8, 4) is 0 Å². The molecule has 0 aliphatic heterocycles. The van der Waals surface area contributed by atoms with Gasteiger partial charge in [-0.15, -0.1) is 22.7 Å². The largest absolute Gasteiger partial charge is 0.481 e. The second-order valence-corrected chi connectivity index (χ2v) is 6.93. The number of hydrogen-bond donors (Lipinski definition) is 1. The van der Waals surface area contributed by atoms with Crippen molar-refractivity contribution in [3.63, 3.8) is 0 Å². The molecular weight excluding hydrogens is 314 g/mol. The first-order chi connectivity index (χ1) is 10.7. The van der Waals surface area contributed by atoms with Crippen molar-refractivity contribution in [1.82, 2.24) is 4.98 Å². The standard InChI is InChI=1S/C17H15NO2S2/c19-16(20)9-3-5-12(11-13-6-4-10-21-13)17-18-14-7-1-2-8-15(14)22-17/h1-2,4,6-8,10-11H,3,5,9H2,(H,19,20). The number of para-hydroxylation sites is 1. The summed E-state index contributed by atoms with van der Waals surface area (Å²) < 4.78 is 1.16. The molecule has 5 heteroatoms. The van der Waals surface area contributed by atoms with Crippen molar-refractivity contribution < 1.29 is 9.90 Å². The maximum absolute atomic E-state index is 10.7. The molecule has 0 bridgehead atoms. The zero-order valence-corrected chi connectivity index (χ0v) is 13.5.